The molecular weight excluding hydrogens is 326 g/mol. The highest BCUT2D eigenvalue weighted by molar-refractivity contribution is 6.29. The number of carbonyl (C=O) groups is 1. The van der Waals surface area contributed by atoms with Crippen LogP contribution in [0, 0.1) is 0 Å². The van der Waals surface area contributed by atoms with E-state index in [2.05, 4.69) is 27.3 Å². The number of halogens is 1. The number of benzene rings is 1. The Morgan fingerprint density at radius 2 is 2.00 bits per heavy atom. The molecule has 1 fully saturated rings. The van der Waals surface area contributed by atoms with Crippen LogP contribution in [-0.4, -0.2) is 48.6 Å². The van der Waals surface area contributed by atoms with Crippen LogP contribution in [0.4, 0.5) is 0 Å². The van der Waals surface area contributed by atoms with E-state index in [1.165, 1.54) is 11.8 Å². The molecule has 24 heavy (non-hydrogen) atoms. The van der Waals surface area contributed by atoms with E-state index in [1.807, 2.05) is 18.2 Å². The van der Waals surface area contributed by atoms with E-state index in [4.69, 9.17) is 16.3 Å². The van der Waals surface area contributed by atoms with Crippen LogP contribution >= 0.6 is 11.6 Å². The SMILES string of the molecule is O=C(NCC(c1ccccc1)N1CCOCC1)c1ccnc(Cl)c1. The van der Waals surface area contributed by atoms with Gasteiger partial charge < -0.3 is 10.1 Å². The molecule has 1 aromatic carbocycles. The first-order chi connectivity index (χ1) is 11.7. The molecule has 5 nitrogen and oxygen atoms in total. The second-order valence-electron chi connectivity index (χ2n) is 5.65. The van der Waals surface area contributed by atoms with Crippen LogP contribution in [0.25, 0.3) is 0 Å². The zero-order valence-electron chi connectivity index (χ0n) is 13.3. The lowest BCUT2D eigenvalue weighted by molar-refractivity contribution is 0.0162. The molecule has 1 unspecified atom stereocenters. The van der Waals surface area contributed by atoms with Crippen LogP contribution in [-0.2, 0) is 4.74 Å². The fraction of sp³-hybridized carbons (Fsp3) is 0.333. The zero-order chi connectivity index (χ0) is 16.8. The van der Waals surface area contributed by atoms with Gasteiger partial charge in [0.1, 0.15) is 5.15 Å². The third-order valence-electron chi connectivity index (χ3n) is 4.12. The van der Waals surface area contributed by atoms with E-state index in [9.17, 15) is 4.79 Å². The first-order valence-corrected chi connectivity index (χ1v) is 8.38. The number of nitrogens with one attached hydrogen (secondary N) is 1. The maximum Gasteiger partial charge on any atom is 0.251 e. The number of amides is 1. The molecule has 0 spiro atoms. The Morgan fingerprint density at radius 1 is 1.25 bits per heavy atom. The van der Waals surface area contributed by atoms with E-state index < -0.39 is 0 Å². The summed E-state index contributed by atoms with van der Waals surface area (Å²) >= 11 is 5.86. The lowest BCUT2D eigenvalue weighted by Crippen LogP contribution is -2.43. The number of ether oxygens (including phenoxy) is 1. The van der Waals surface area contributed by atoms with E-state index >= 15 is 0 Å². The maximum atomic E-state index is 12.4. The quantitative estimate of drug-likeness (QED) is 0.846. The van der Waals surface area contributed by atoms with Gasteiger partial charge in [0, 0.05) is 31.4 Å². The molecule has 1 aliphatic rings. The van der Waals surface area contributed by atoms with Gasteiger partial charge in [-0.05, 0) is 17.7 Å². The van der Waals surface area contributed by atoms with Crippen molar-refractivity contribution >= 4 is 17.5 Å². The largest absolute Gasteiger partial charge is 0.379 e. The van der Waals surface area contributed by atoms with Crippen molar-refractivity contribution in [3.8, 4) is 0 Å². The normalized spacial score (nSPS) is 16.5. The van der Waals surface area contributed by atoms with Crippen LogP contribution in [0.1, 0.15) is 22.0 Å². The Kier molecular flexibility index (Phi) is 5.80. The van der Waals surface area contributed by atoms with Gasteiger partial charge in [0.25, 0.3) is 5.91 Å². The monoisotopic (exact) mass is 345 g/mol. The minimum atomic E-state index is -0.145. The molecule has 1 amide bonds. The predicted octanol–water partition coefficient (Wildman–Crippen LogP) is 2.54. The lowest BCUT2D eigenvalue weighted by atomic mass is 10.0. The molecular formula is C18H20ClN3O2. The molecule has 0 radical (unpaired) electrons. The summed E-state index contributed by atoms with van der Waals surface area (Å²) in [6, 6.07) is 13.6. The van der Waals surface area contributed by atoms with Crippen LogP contribution in [0.5, 0.6) is 0 Å². The first-order valence-electron chi connectivity index (χ1n) is 8.00. The highest BCUT2D eigenvalue weighted by Crippen LogP contribution is 2.21. The Morgan fingerprint density at radius 3 is 2.71 bits per heavy atom. The van der Waals surface area contributed by atoms with Crippen molar-refractivity contribution in [3.05, 3.63) is 64.9 Å². The van der Waals surface area contributed by atoms with Crippen molar-refractivity contribution in [2.75, 3.05) is 32.8 Å². The summed E-state index contributed by atoms with van der Waals surface area (Å²) in [6.45, 7) is 3.68. The molecule has 0 bridgehead atoms. The number of hydrogen-bond acceptors (Lipinski definition) is 4. The van der Waals surface area contributed by atoms with Crippen LogP contribution < -0.4 is 5.32 Å². The summed E-state index contributed by atoms with van der Waals surface area (Å²) in [6.07, 6.45) is 1.54. The molecule has 3 rings (SSSR count). The summed E-state index contributed by atoms with van der Waals surface area (Å²) in [7, 11) is 0. The Bertz CT molecular complexity index is 675. The fourth-order valence-electron chi connectivity index (χ4n) is 2.86. The molecule has 1 aromatic heterocycles. The molecule has 1 aliphatic heterocycles. The number of rotatable bonds is 5. The predicted molar refractivity (Wildman–Crippen MR) is 93.2 cm³/mol. The minimum Gasteiger partial charge on any atom is -0.379 e. The van der Waals surface area contributed by atoms with Crippen LogP contribution in [0.15, 0.2) is 48.7 Å². The van der Waals surface area contributed by atoms with Gasteiger partial charge in [-0.15, -0.1) is 0 Å². The molecule has 6 heteroatoms. The van der Waals surface area contributed by atoms with Gasteiger partial charge in [-0.25, -0.2) is 4.98 Å². The zero-order valence-corrected chi connectivity index (χ0v) is 14.1. The Hall–Kier alpha value is -1.95. The van der Waals surface area contributed by atoms with Crippen molar-refractivity contribution in [3.63, 3.8) is 0 Å². The van der Waals surface area contributed by atoms with Gasteiger partial charge in [-0.1, -0.05) is 41.9 Å². The van der Waals surface area contributed by atoms with Gasteiger partial charge in [0.05, 0.1) is 19.3 Å². The number of morpholine rings is 1. The number of hydrogen-bond donors (Lipinski definition) is 1. The number of carbonyl (C=O) groups excluding carboxylic acids is 1. The van der Waals surface area contributed by atoms with Crippen molar-refractivity contribution in [1.29, 1.82) is 0 Å². The van der Waals surface area contributed by atoms with E-state index in [-0.39, 0.29) is 11.9 Å². The molecule has 2 aromatic rings. The summed E-state index contributed by atoms with van der Waals surface area (Å²) in [5.74, 6) is -0.145. The van der Waals surface area contributed by atoms with Crippen LogP contribution in [0.3, 0.4) is 0 Å². The summed E-state index contributed by atoms with van der Waals surface area (Å²) < 4.78 is 5.44. The Balaban J connectivity index is 1.71. The van der Waals surface area contributed by atoms with Crippen molar-refractivity contribution in [1.82, 2.24) is 15.2 Å². The molecule has 1 N–H and O–H groups in total. The number of aromatic nitrogens is 1. The lowest BCUT2D eigenvalue weighted by Gasteiger charge is -2.35. The molecule has 0 aliphatic carbocycles. The third-order valence-corrected chi connectivity index (χ3v) is 4.32. The van der Waals surface area contributed by atoms with Gasteiger partial charge >= 0.3 is 0 Å². The number of pyridine rings is 1. The van der Waals surface area contributed by atoms with Gasteiger partial charge in [0.2, 0.25) is 0 Å². The topological polar surface area (TPSA) is 54.5 Å². The Labute approximate surface area is 146 Å². The minimum absolute atomic E-state index is 0.122. The summed E-state index contributed by atoms with van der Waals surface area (Å²) in [4.78, 5) is 18.6. The van der Waals surface area contributed by atoms with Gasteiger partial charge in [0.15, 0.2) is 0 Å². The van der Waals surface area contributed by atoms with Gasteiger partial charge in [-0.2, -0.15) is 0 Å². The highest BCUT2D eigenvalue weighted by atomic mass is 35.5. The standard InChI is InChI=1S/C18H20ClN3O2/c19-17-12-15(6-7-20-17)18(23)21-13-16(14-4-2-1-3-5-14)22-8-10-24-11-9-22/h1-7,12,16H,8-11,13H2,(H,21,23). The number of nitrogens with zero attached hydrogens (tertiary/aromatic N) is 2. The average Bonchev–Trinajstić information content (AvgIpc) is 2.63. The fourth-order valence-corrected chi connectivity index (χ4v) is 3.03. The van der Waals surface area contributed by atoms with Crippen molar-refractivity contribution in [2.24, 2.45) is 0 Å². The third kappa shape index (κ3) is 4.32. The second-order valence-corrected chi connectivity index (χ2v) is 6.04. The smallest absolute Gasteiger partial charge is 0.251 e. The second kappa shape index (κ2) is 8.24. The molecule has 0 saturated carbocycles. The summed E-state index contributed by atoms with van der Waals surface area (Å²) in [5.41, 5.74) is 1.70. The average molecular weight is 346 g/mol. The van der Waals surface area contributed by atoms with Crippen LogP contribution in [0.2, 0.25) is 5.15 Å². The molecule has 1 saturated heterocycles. The van der Waals surface area contributed by atoms with Gasteiger partial charge in [-0.3, -0.25) is 9.69 Å². The van der Waals surface area contributed by atoms with E-state index in [1.54, 1.807) is 12.1 Å². The molecule has 1 atom stereocenters. The van der Waals surface area contributed by atoms with Crippen molar-refractivity contribution < 1.29 is 9.53 Å². The van der Waals surface area contributed by atoms with E-state index in [0.717, 1.165) is 26.3 Å². The van der Waals surface area contributed by atoms with Crippen molar-refractivity contribution in [2.45, 2.75) is 6.04 Å². The highest BCUT2D eigenvalue weighted by Gasteiger charge is 2.23. The maximum absolute atomic E-state index is 12.4. The first kappa shape index (κ1) is 16.9. The summed E-state index contributed by atoms with van der Waals surface area (Å²) in [5, 5.41) is 3.33. The molecule has 126 valence electrons. The van der Waals surface area contributed by atoms with E-state index in [0.29, 0.717) is 17.3 Å². The molecule has 2 heterocycles.